The Hall–Kier alpha value is -2.98. The molecule has 2 heterocycles. The average molecular weight is 483 g/mol. The van der Waals surface area contributed by atoms with E-state index < -0.39 is 23.5 Å². The van der Waals surface area contributed by atoms with Crippen LogP contribution < -0.4 is 20.5 Å². The van der Waals surface area contributed by atoms with E-state index in [0.29, 0.717) is 30.7 Å². The number of nitrogens with two attached hydrogens (primary N) is 1. The molecule has 4 rings (SSSR count). The fourth-order valence-corrected chi connectivity index (χ4v) is 4.64. The second kappa shape index (κ2) is 8.06. The van der Waals surface area contributed by atoms with Crippen molar-refractivity contribution in [2.45, 2.75) is 70.5 Å². The van der Waals surface area contributed by atoms with E-state index >= 15 is 0 Å². The lowest BCUT2D eigenvalue weighted by molar-refractivity contribution is -0.274. The fourth-order valence-electron chi connectivity index (χ4n) is 4.64. The highest BCUT2D eigenvalue weighted by atomic mass is 19.4. The summed E-state index contributed by atoms with van der Waals surface area (Å²) in [5, 5.41) is 2.96. The van der Waals surface area contributed by atoms with Gasteiger partial charge in [0.05, 0.1) is 18.0 Å². The summed E-state index contributed by atoms with van der Waals surface area (Å²) < 4.78 is 48.0. The van der Waals surface area contributed by atoms with Crippen molar-refractivity contribution >= 4 is 17.8 Å². The molecule has 0 saturated heterocycles. The summed E-state index contributed by atoms with van der Waals surface area (Å²) in [5.74, 6) is -0.550. The average Bonchev–Trinajstić information content (AvgIpc) is 3.42. The van der Waals surface area contributed by atoms with E-state index in [-0.39, 0.29) is 41.8 Å². The third-order valence-electron chi connectivity index (χ3n) is 6.24. The van der Waals surface area contributed by atoms with Crippen LogP contribution in [-0.4, -0.2) is 46.7 Å². The standard InChI is InChI=1S/C23H29F3N4O4/c1-21(2)10-18(31)30(20(27)29-21)11-12-7-14(12)19(32)28-16-9-22(3,4)34-17-6-5-13(8-15(16)17)33-23(24,25)26/h5-6,8,12,14,16H,7,9-11H2,1-4H3,(H2,27,29)(H,28,32)/t12-,14+,16?/m0/s1. The number of benzene rings is 1. The van der Waals surface area contributed by atoms with E-state index in [9.17, 15) is 22.8 Å². The number of guanidine groups is 1. The molecule has 1 fully saturated rings. The highest BCUT2D eigenvalue weighted by Crippen LogP contribution is 2.44. The Morgan fingerprint density at radius 1 is 1.32 bits per heavy atom. The van der Waals surface area contributed by atoms with Crippen LogP contribution in [0.25, 0.3) is 0 Å². The van der Waals surface area contributed by atoms with Gasteiger partial charge in [-0.25, -0.2) is 4.99 Å². The van der Waals surface area contributed by atoms with Crippen molar-refractivity contribution in [3.05, 3.63) is 23.8 Å². The first-order chi connectivity index (χ1) is 15.6. The second-order valence-electron chi connectivity index (χ2n) is 10.4. The van der Waals surface area contributed by atoms with Crippen molar-refractivity contribution in [2.24, 2.45) is 22.6 Å². The Morgan fingerprint density at radius 3 is 2.68 bits per heavy atom. The van der Waals surface area contributed by atoms with Crippen LogP contribution in [0.1, 0.15) is 58.6 Å². The zero-order valence-corrected chi connectivity index (χ0v) is 19.5. The zero-order chi connectivity index (χ0) is 25.1. The van der Waals surface area contributed by atoms with Gasteiger partial charge in [0.15, 0.2) is 5.96 Å². The van der Waals surface area contributed by atoms with E-state index in [4.69, 9.17) is 10.5 Å². The monoisotopic (exact) mass is 482 g/mol. The van der Waals surface area contributed by atoms with Crippen LogP contribution in [0.3, 0.4) is 0 Å². The number of rotatable bonds is 5. The van der Waals surface area contributed by atoms with E-state index in [2.05, 4.69) is 15.0 Å². The van der Waals surface area contributed by atoms with Gasteiger partial charge in [-0.05, 0) is 58.2 Å². The van der Waals surface area contributed by atoms with Gasteiger partial charge >= 0.3 is 6.36 Å². The minimum absolute atomic E-state index is 0.0638. The number of nitrogens with zero attached hydrogens (tertiary/aromatic N) is 2. The maximum atomic E-state index is 13.0. The molecule has 8 nitrogen and oxygen atoms in total. The van der Waals surface area contributed by atoms with E-state index in [0.717, 1.165) is 0 Å². The topological polar surface area (TPSA) is 106 Å². The normalized spacial score (nSPS) is 27.3. The minimum Gasteiger partial charge on any atom is -0.487 e. The molecule has 0 radical (unpaired) electrons. The molecule has 0 aromatic heterocycles. The van der Waals surface area contributed by atoms with Crippen molar-refractivity contribution in [1.29, 1.82) is 0 Å². The number of aliphatic imine (C=N–C) groups is 1. The molecule has 3 aliphatic rings. The molecule has 2 amide bonds. The molecule has 0 spiro atoms. The van der Waals surface area contributed by atoms with Gasteiger partial charge in [0.25, 0.3) is 0 Å². The molecule has 1 unspecified atom stereocenters. The third-order valence-corrected chi connectivity index (χ3v) is 6.24. The number of halogens is 3. The van der Waals surface area contributed by atoms with E-state index in [1.807, 2.05) is 27.7 Å². The van der Waals surface area contributed by atoms with E-state index in [1.165, 1.54) is 23.1 Å². The highest BCUT2D eigenvalue weighted by molar-refractivity contribution is 5.99. The van der Waals surface area contributed by atoms with Crippen LogP contribution in [0.2, 0.25) is 0 Å². The van der Waals surface area contributed by atoms with Gasteiger partial charge in [0.1, 0.15) is 17.1 Å². The Balaban J connectivity index is 1.44. The first-order valence-corrected chi connectivity index (χ1v) is 11.2. The van der Waals surface area contributed by atoms with Crippen molar-refractivity contribution in [1.82, 2.24) is 10.2 Å². The lowest BCUT2D eigenvalue weighted by Gasteiger charge is -2.38. The second-order valence-corrected chi connectivity index (χ2v) is 10.4. The summed E-state index contributed by atoms with van der Waals surface area (Å²) in [6, 6.07) is 3.31. The first-order valence-electron chi connectivity index (χ1n) is 11.2. The number of carbonyl (C=O) groups excluding carboxylic acids is 2. The quantitative estimate of drug-likeness (QED) is 0.670. The molecule has 2 aliphatic heterocycles. The number of nitrogens with one attached hydrogen (secondary N) is 1. The third kappa shape index (κ3) is 5.39. The summed E-state index contributed by atoms with van der Waals surface area (Å²) >= 11 is 0. The molecule has 34 heavy (non-hydrogen) atoms. The molecular formula is C23H29F3N4O4. The Kier molecular flexibility index (Phi) is 5.72. The molecule has 186 valence electrons. The van der Waals surface area contributed by atoms with Gasteiger partial charge in [0, 0.05) is 24.4 Å². The lowest BCUT2D eigenvalue weighted by Crippen LogP contribution is -2.50. The van der Waals surface area contributed by atoms with Crippen LogP contribution in [0, 0.1) is 11.8 Å². The molecule has 3 atom stereocenters. The molecule has 1 aromatic carbocycles. The van der Waals surface area contributed by atoms with Crippen LogP contribution in [-0.2, 0) is 9.59 Å². The van der Waals surface area contributed by atoms with Crippen LogP contribution in [0.5, 0.6) is 11.5 Å². The number of hydrogen-bond acceptors (Lipinski definition) is 6. The highest BCUT2D eigenvalue weighted by Gasteiger charge is 2.47. The number of fused-ring (bicyclic) bond motifs is 1. The number of alkyl halides is 3. The summed E-state index contributed by atoms with van der Waals surface area (Å²) in [7, 11) is 0. The lowest BCUT2D eigenvalue weighted by atomic mass is 9.89. The molecule has 1 saturated carbocycles. The van der Waals surface area contributed by atoms with Crippen molar-refractivity contribution in [3.8, 4) is 11.5 Å². The molecule has 0 bridgehead atoms. The van der Waals surface area contributed by atoms with Crippen LogP contribution >= 0.6 is 0 Å². The van der Waals surface area contributed by atoms with Crippen LogP contribution in [0.4, 0.5) is 13.2 Å². The Labute approximate surface area is 195 Å². The fraction of sp³-hybridized carbons (Fsp3) is 0.609. The van der Waals surface area contributed by atoms with Crippen molar-refractivity contribution in [3.63, 3.8) is 0 Å². The van der Waals surface area contributed by atoms with Gasteiger partial charge in [-0.2, -0.15) is 0 Å². The largest absolute Gasteiger partial charge is 0.573 e. The molecule has 3 N–H and O–H groups in total. The summed E-state index contributed by atoms with van der Waals surface area (Å²) in [4.78, 5) is 31.3. The SMILES string of the molecule is CC1(C)CC(=O)N(C[C@@H]2C[C@H]2C(=O)NC2CC(C)(C)Oc3ccc(OC(F)(F)F)cc32)C(N)=N1. The number of hydrogen-bond donors (Lipinski definition) is 2. The van der Waals surface area contributed by atoms with Gasteiger partial charge in [-0.3, -0.25) is 14.5 Å². The Morgan fingerprint density at radius 2 is 2.03 bits per heavy atom. The minimum atomic E-state index is -4.82. The van der Waals surface area contributed by atoms with Crippen LogP contribution in [0.15, 0.2) is 23.2 Å². The predicted octanol–water partition coefficient (Wildman–Crippen LogP) is 3.27. The maximum absolute atomic E-state index is 13.0. The summed E-state index contributed by atoms with van der Waals surface area (Å²) in [6.45, 7) is 7.67. The summed E-state index contributed by atoms with van der Waals surface area (Å²) in [6.07, 6.45) is -3.62. The smallest absolute Gasteiger partial charge is 0.487 e. The molecular weight excluding hydrogens is 453 g/mol. The van der Waals surface area contributed by atoms with Gasteiger partial charge in [-0.15, -0.1) is 13.2 Å². The van der Waals surface area contributed by atoms with Gasteiger partial charge < -0.3 is 20.5 Å². The molecule has 1 aromatic rings. The number of ether oxygens (including phenoxy) is 2. The zero-order valence-electron chi connectivity index (χ0n) is 19.5. The first kappa shape index (κ1) is 24.2. The van der Waals surface area contributed by atoms with Gasteiger partial charge in [0.2, 0.25) is 11.8 Å². The number of carbonyl (C=O) groups is 2. The molecule has 11 heteroatoms. The van der Waals surface area contributed by atoms with Crippen molar-refractivity contribution < 1.29 is 32.2 Å². The van der Waals surface area contributed by atoms with Gasteiger partial charge in [-0.1, -0.05) is 0 Å². The van der Waals surface area contributed by atoms with E-state index in [1.54, 1.807) is 0 Å². The van der Waals surface area contributed by atoms with Crippen molar-refractivity contribution in [2.75, 3.05) is 6.54 Å². The molecule has 1 aliphatic carbocycles. The Bertz CT molecular complexity index is 1040. The predicted molar refractivity (Wildman–Crippen MR) is 117 cm³/mol. The number of amides is 2. The maximum Gasteiger partial charge on any atom is 0.573 e. The summed E-state index contributed by atoms with van der Waals surface area (Å²) in [5.41, 5.74) is 5.24.